The number of Topliss-reactive ketones (excluding diaryl/α,β-unsaturated/α-hetero) is 4. The summed E-state index contributed by atoms with van der Waals surface area (Å²) < 4.78 is 0. The van der Waals surface area contributed by atoms with Gasteiger partial charge in [-0.3, -0.25) is 53.8 Å². The second kappa shape index (κ2) is 43.3. The molecule has 0 fully saturated rings. The Morgan fingerprint density at radius 2 is 0.596 bits per heavy atom. The van der Waals surface area contributed by atoms with Crippen molar-refractivity contribution in [1.29, 1.82) is 5.26 Å². The number of ketones is 7. The van der Waals surface area contributed by atoms with Crippen LogP contribution >= 0.6 is 0 Å². The second-order valence-corrected chi connectivity index (χ2v) is 21.6. The number of carbonyl (C=O) groups excluding carboxylic acids is 7. The Labute approximate surface area is 555 Å². The average Bonchev–Trinajstić information content (AvgIpc) is 1.04. The van der Waals surface area contributed by atoms with Crippen LogP contribution in [-0.2, 0) is 9.59 Å². The summed E-state index contributed by atoms with van der Waals surface area (Å²) in [6, 6.07) is 39.8. The maximum absolute atomic E-state index is 12.4. The van der Waals surface area contributed by atoms with Crippen molar-refractivity contribution in [2.24, 2.45) is 11.8 Å². The van der Waals surface area contributed by atoms with E-state index in [4.69, 9.17) is 32.1 Å². The molecule has 492 valence electrons. The van der Waals surface area contributed by atoms with E-state index in [-0.39, 0.29) is 46.2 Å². The summed E-state index contributed by atoms with van der Waals surface area (Å²) >= 11 is 0. The van der Waals surface area contributed by atoms with E-state index in [9.17, 15) is 33.6 Å². The number of hydrogen-bond acceptors (Lipinski definition) is 12. The zero-order chi connectivity index (χ0) is 71.2. The molecule has 15 nitrogen and oxygen atoms in total. The molecule has 6 aliphatic carbocycles. The molecule has 15 heteroatoms. The fraction of sp³-hybridized carbons (Fsp3) is 0.304. The van der Waals surface area contributed by atoms with Crippen molar-refractivity contribution < 1.29 is 43.4 Å². The Kier molecular flexibility index (Phi) is 37.5. The summed E-state index contributed by atoms with van der Waals surface area (Å²) in [5.41, 5.74) is 12.5. The van der Waals surface area contributed by atoms with E-state index in [1.807, 2.05) is 103 Å². The summed E-state index contributed by atoms with van der Waals surface area (Å²) in [7, 11) is 1.78. The van der Waals surface area contributed by atoms with E-state index in [1.54, 1.807) is 62.4 Å². The molecule has 0 N–H and O–H groups in total. The van der Waals surface area contributed by atoms with Crippen LogP contribution in [0.2, 0.25) is 0 Å². The highest BCUT2D eigenvalue weighted by Crippen LogP contribution is 2.46. The third kappa shape index (κ3) is 23.0. The Morgan fingerprint density at radius 3 is 0.809 bits per heavy atom. The van der Waals surface area contributed by atoms with E-state index in [2.05, 4.69) is 87.9 Å². The van der Waals surface area contributed by atoms with Crippen molar-refractivity contribution >= 4 is 56.8 Å². The molecular weight excluding hydrogens is 1180 g/mol. The molecule has 0 heterocycles. The lowest BCUT2D eigenvalue weighted by atomic mass is 9.74. The van der Waals surface area contributed by atoms with Crippen LogP contribution in [-0.4, -0.2) is 64.4 Å². The van der Waals surface area contributed by atoms with Crippen LogP contribution in [0.1, 0.15) is 204 Å². The van der Waals surface area contributed by atoms with Crippen LogP contribution in [0, 0.1) is 50.0 Å². The third-order valence-corrected chi connectivity index (χ3v) is 12.6. The van der Waals surface area contributed by atoms with Gasteiger partial charge in [-0.2, -0.15) is 0 Å². The van der Waals surface area contributed by atoms with Crippen LogP contribution < -0.4 is 0 Å². The minimum atomic E-state index is -0.722. The summed E-state index contributed by atoms with van der Waals surface area (Å²) in [6.45, 7) is 35.8. The molecule has 0 radical (unpaired) electrons. The minimum absolute atomic E-state index is 0.00537. The van der Waals surface area contributed by atoms with E-state index in [0.717, 1.165) is 75.3 Å². The predicted octanol–water partition coefficient (Wildman–Crippen LogP) is 19.6. The van der Waals surface area contributed by atoms with Crippen LogP contribution in [0.25, 0.3) is 43.4 Å². The second-order valence-electron chi connectivity index (χ2n) is 21.6. The van der Waals surface area contributed by atoms with Gasteiger partial charge in [0.05, 0.1) is 24.5 Å². The first-order chi connectivity index (χ1) is 44.9. The average molecular weight is 1270 g/mol. The van der Waals surface area contributed by atoms with Gasteiger partial charge in [0, 0.05) is 59.6 Å². The van der Waals surface area contributed by atoms with Crippen molar-refractivity contribution in [3.63, 3.8) is 0 Å². The van der Waals surface area contributed by atoms with Crippen molar-refractivity contribution in [3.05, 3.63) is 263 Å². The lowest BCUT2D eigenvalue weighted by Crippen LogP contribution is -2.31. The molecule has 0 spiro atoms. The molecule has 6 aliphatic rings. The molecule has 0 atom stereocenters. The van der Waals surface area contributed by atoms with Gasteiger partial charge in [0.15, 0.2) is 54.6 Å². The van der Waals surface area contributed by atoms with Crippen molar-refractivity contribution in [2.75, 3.05) is 14.1 Å². The van der Waals surface area contributed by atoms with E-state index in [0.29, 0.717) is 33.0 Å². The molecule has 12 rings (SSSR count). The molecule has 6 aromatic carbocycles. The molecule has 0 bridgehead atoms. The topological polar surface area (TPSA) is 234 Å². The van der Waals surface area contributed by atoms with Crippen LogP contribution in [0.5, 0.6) is 0 Å². The predicted molar refractivity (Wildman–Crippen MR) is 380 cm³/mol. The van der Waals surface area contributed by atoms with Gasteiger partial charge in [0.25, 0.3) is 5.70 Å². The smallest absolute Gasteiger partial charge is 0.270 e. The molecular formula is C79H90N4O11. The number of nitro groups is 2. The molecule has 0 saturated carbocycles. The third-order valence-electron chi connectivity index (χ3n) is 12.6. The number of fused-ring (bicyclic) bond motifs is 6. The summed E-state index contributed by atoms with van der Waals surface area (Å²) in [5, 5.41) is 27.7. The molecule has 0 aromatic heterocycles. The standard InChI is InChI=1S/C18H12O4.C16H8N2.C13H8O.C12H8O2.6C3H8.2CH3NO2/c1-7-15(19)9-3-5-11-14-12(18(22)8(2)17(11)21)6-4-10(13(9)14)16(7)20;1-18-15(10-17)16-13-8-4-2-6-11(13)12-7-3-5-9-14(12)16;14-13-11-7-3-1-5-9(11)10-6-2-4-8-12(10)13;13-11-5-1-9(2-6-11)10-3-7-12(14)8-4-10;6*1-3-2;2*1-2(3)4/h3-8H,1-2H3;2-9H;2*1-8H;6*3H2,1-2H3;2*1H3. The van der Waals surface area contributed by atoms with E-state index < -0.39 is 21.7 Å². The van der Waals surface area contributed by atoms with Gasteiger partial charge in [-0.1, -0.05) is 243 Å². The Balaban J connectivity index is 0.000000562. The van der Waals surface area contributed by atoms with Gasteiger partial charge in [0.2, 0.25) is 0 Å². The maximum atomic E-state index is 12.4. The number of benzene rings is 6. The Morgan fingerprint density at radius 1 is 0.394 bits per heavy atom. The van der Waals surface area contributed by atoms with Crippen molar-refractivity contribution in [2.45, 2.75) is 135 Å². The number of nitrogens with zero attached hydrogens (tertiary/aromatic N) is 4. The first-order valence-electron chi connectivity index (χ1n) is 31.8. The summed E-state index contributed by atoms with van der Waals surface area (Å²) in [4.78, 5) is 103. The number of rotatable bonds is 0. The monoisotopic (exact) mass is 1270 g/mol. The number of allylic oxidation sites excluding steroid dienone is 11. The largest absolute Gasteiger partial charge is 0.293 e. The number of nitriles is 1. The fourth-order valence-corrected chi connectivity index (χ4v) is 9.17. The maximum Gasteiger partial charge on any atom is 0.270 e. The van der Waals surface area contributed by atoms with Crippen LogP contribution in [0.3, 0.4) is 0 Å². The highest BCUT2D eigenvalue weighted by molar-refractivity contribution is 6.36. The molecule has 6 aromatic rings. The normalized spacial score (nSPS) is 12.9. The van der Waals surface area contributed by atoms with E-state index >= 15 is 0 Å². The van der Waals surface area contributed by atoms with Gasteiger partial charge in [0.1, 0.15) is 0 Å². The van der Waals surface area contributed by atoms with Gasteiger partial charge in [-0.15, -0.1) is 0 Å². The zero-order valence-electron chi connectivity index (χ0n) is 57.3. The van der Waals surface area contributed by atoms with Gasteiger partial charge >= 0.3 is 0 Å². The summed E-state index contributed by atoms with van der Waals surface area (Å²) in [5.74, 6) is -2.31. The molecule has 0 saturated heterocycles. The lowest BCUT2D eigenvalue weighted by Gasteiger charge is -2.26. The molecule has 0 amide bonds. The van der Waals surface area contributed by atoms with Gasteiger partial charge in [-0.05, 0) is 107 Å². The highest BCUT2D eigenvalue weighted by Gasteiger charge is 2.39. The van der Waals surface area contributed by atoms with Crippen molar-refractivity contribution in [3.8, 4) is 28.3 Å². The Bertz CT molecular complexity index is 3580. The van der Waals surface area contributed by atoms with Crippen LogP contribution in [0.4, 0.5) is 0 Å². The molecule has 94 heavy (non-hydrogen) atoms. The minimum Gasteiger partial charge on any atom is -0.293 e. The van der Waals surface area contributed by atoms with Gasteiger partial charge < -0.3 is 0 Å². The highest BCUT2D eigenvalue weighted by atomic mass is 16.6. The SMILES string of the molecule is CC1C(=O)c2ccc3c4c(ccc(c24)C1=O)C(=O)C(C)C3=O.CCC.CCC.CCC.CCC.CCC.CCC.C[N+](=O)[O-].C[N+](=O)[O-].O=C1C=CC(=C2C=CC(=O)C=C2)C=C1.O=C1c2ccccc2-c2ccccc21.[C-]#[N+]C(C#N)=C1c2ccccc2-c2ccccc21. The first-order valence-corrected chi connectivity index (χ1v) is 31.8. The van der Waals surface area contributed by atoms with Gasteiger partial charge in [-0.25, -0.2) is 10.1 Å². The van der Waals surface area contributed by atoms with E-state index in [1.165, 1.54) is 62.8 Å². The molecule has 0 unspecified atom stereocenters. The molecule has 0 aliphatic heterocycles. The van der Waals surface area contributed by atoms with Crippen LogP contribution in [0.15, 0.2) is 187 Å². The number of hydrogen-bond donors (Lipinski definition) is 0. The fourth-order valence-electron chi connectivity index (χ4n) is 9.17. The lowest BCUT2D eigenvalue weighted by molar-refractivity contribution is -0.445. The first kappa shape index (κ1) is 81.5. The summed E-state index contributed by atoms with van der Waals surface area (Å²) in [6.07, 6.45) is 20.6. The van der Waals surface area contributed by atoms with Crippen molar-refractivity contribution in [1.82, 2.24) is 0 Å². The zero-order valence-corrected chi connectivity index (χ0v) is 57.3. The number of carbonyl (C=O) groups is 7. The Hall–Kier alpha value is -10.5. The quantitative estimate of drug-likeness (QED) is 0.0453.